The summed E-state index contributed by atoms with van der Waals surface area (Å²) in [7, 11) is 0. The number of hydrogen-bond donors (Lipinski definition) is 2. The summed E-state index contributed by atoms with van der Waals surface area (Å²) in [5.74, 6) is 1.88. The monoisotopic (exact) mass is 810 g/mol. The molecule has 2 aromatic heterocycles. The van der Waals surface area contributed by atoms with E-state index in [1.807, 2.05) is 84.9 Å². The van der Waals surface area contributed by atoms with Crippen molar-refractivity contribution in [2.75, 3.05) is 0 Å². The third-order valence-electron chi connectivity index (χ3n) is 12.6. The van der Waals surface area contributed by atoms with Crippen LogP contribution in [0, 0.1) is 13.8 Å². The number of phenols is 2. The van der Waals surface area contributed by atoms with Gasteiger partial charge in [-0.1, -0.05) is 109 Å². The van der Waals surface area contributed by atoms with Gasteiger partial charge in [-0.3, -0.25) is 0 Å². The first-order chi connectivity index (χ1) is 30.4. The van der Waals surface area contributed by atoms with Crippen LogP contribution in [0.4, 0.5) is 0 Å². The molecule has 2 heterocycles. The van der Waals surface area contributed by atoms with Crippen LogP contribution in [0.5, 0.6) is 23.0 Å². The van der Waals surface area contributed by atoms with Gasteiger partial charge in [0.2, 0.25) is 0 Å². The molecule has 2 atom stereocenters. The average Bonchev–Trinajstić information content (AvgIpc) is 3.81. The number of benzene rings is 8. The standard InChI is InChI=1S/C56H46N2O4/c1-35-30-45(55(59)51(32-35)57-47-24-9-3-18-39(47)40-19-4-10-25-48(40)57)43-22-7-13-28-53(43)61-37-16-15-17-38(34-37)62-54-29-14-8-23-44(54)46-31-36(2)33-52(56(46)60)58-49-26-11-5-20-41(49)42-21-6-12-27-50(42)58/h3-14,18-33,37-38,59-60H,15-17,34H2,1-2H3. The van der Waals surface area contributed by atoms with Crippen molar-refractivity contribution in [2.45, 2.75) is 51.7 Å². The highest BCUT2D eigenvalue weighted by Gasteiger charge is 2.28. The van der Waals surface area contributed by atoms with Crippen molar-refractivity contribution in [3.8, 4) is 56.6 Å². The van der Waals surface area contributed by atoms with Crippen molar-refractivity contribution in [2.24, 2.45) is 0 Å². The van der Waals surface area contributed by atoms with E-state index in [9.17, 15) is 10.2 Å². The molecule has 0 radical (unpaired) electrons. The fourth-order valence-corrected chi connectivity index (χ4v) is 9.89. The number of aromatic nitrogens is 2. The molecule has 2 N–H and O–H groups in total. The van der Waals surface area contributed by atoms with E-state index >= 15 is 0 Å². The lowest BCUT2D eigenvalue weighted by Crippen LogP contribution is -2.32. The van der Waals surface area contributed by atoms with Crippen LogP contribution in [0.25, 0.3) is 77.2 Å². The maximum Gasteiger partial charge on any atom is 0.147 e. The van der Waals surface area contributed by atoms with Crippen LogP contribution in [0.3, 0.4) is 0 Å². The Labute approximate surface area is 360 Å². The Morgan fingerprint density at radius 3 is 1.15 bits per heavy atom. The third kappa shape index (κ3) is 6.33. The highest BCUT2D eigenvalue weighted by Crippen LogP contribution is 2.46. The molecule has 1 fully saturated rings. The van der Waals surface area contributed by atoms with Crippen LogP contribution in [0.15, 0.2) is 170 Å². The van der Waals surface area contributed by atoms with E-state index in [-0.39, 0.29) is 23.7 Å². The summed E-state index contributed by atoms with van der Waals surface area (Å²) in [4.78, 5) is 0. The lowest BCUT2D eigenvalue weighted by Gasteiger charge is -2.31. The maximum atomic E-state index is 12.2. The quantitative estimate of drug-likeness (QED) is 0.160. The minimum atomic E-state index is -0.0971. The smallest absolute Gasteiger partial charge is 0.147 e. The van der Waals surface area contributed by atoms with Crippen molar-refractivity contribution in [1.29, 1.82) is 0 Å². The maximum absolute atomic E-state index is 12.2. The van der Waals surface area contributed by atoms with Crippen LogP contribution in [-0.4, -0.2) is 31.6 Å². The lowest BCUT2D eigenvalue weighted by atomic mass is 9.94. The van der Waals surface area contributed by atoms with E-state index < -0.39 is 0 Å². The molecule has 6 heteroatoms. The van der Waals surface area contributed by atoms with Gasteiger partial charge in [0.05, 0.1) is 33.4 Å². The van der Waals surface area contributed by atoms with E-state index in [2.05, 4.69) is 108 Å². The molecule has 1 aliphatic rings. The number of aryl methyl sites for hydroxylation is 2. The Morgan fingerprint density at radius 2 is 0.758 bits per heavy atom. The lowest BCUT2D eigenvalue weighted by molar-refractivity contribution is 0.0686. The molecule has 1 saturated carbocycles. The number of nitrogens with zero attached hydrogens (tertiary/aromatic N) is 2. The molecule has 0 aliphatic heterocycles. The number of fused-ring (bicyclic) bond motifs is 6. The first-order valence-corrected chi connectivity index (χ1v) is 21.6. The summed E-state index contributed by atoms with van der Waals surface area (Å²) < 4.78 is 18.2. The van der Waals surface area contributed by atoms with Crippen molar-refractivity contribution in [1.82, 2.24) is 9.13 Å². The second-order valence-electron chi connectivity index (χ2n) is 16.7. The number of hydrogen-bond acceptors (Lipinski definition) is 4. The Balaban J connectivity index is 0.898. The molecule has 1 aliphatic carbocycles. The summed E-state index contributed by atoms with van der Waals surface area (Å²) in [6.07, 6.45) is 3.23. The molecule has 0 amide bonds. The van der Waals surface area contributed by atoms with Gasteiger partial charge in [-0.25, -0.2) is 0 Å². The Kier molecular flexibility index (Phi) is 9.23. The summed E-state index contributed by atoms with van der Waals surface area (Å²) in [5.41, 5.74) is 10.9. The van der Waals surface area contributed by atoms with Gasteiger partial charge in [0.15, 0.2) is 0 Å². The fraction of sp³-hybridized carbons (Fsp3) is 0.143. The zero-order valence-electron chi connectivity index (χ0n) is 34.8. The van der Waals surface area contributed by atoms with Crippen LogP contribution >= 0.6 is 0 Å². The average molecular weight is 811 g/mol. The van der Waals surface area contributed by atoms with Crippen LogP contribution in [0.2, 0.25) is 0 Å². The number of ether oxygens (including phenoxy) is 2. The molecule has 10 aromatic rings. The van der Waals surface area contributed by atoms with Crippen molar-refractivity contribution in [3.05, 3.63) is 181 Å². The summed E-state index contributed by atoms with van der Waals surface area (Å²) >= 11 is 0. The molecule has 2 unspecified atom stereocenters. The van der Waals surface area contributed by atoms with Crippen LogP contribution in [0.1, 0.15) is 36.8 Å². The Bertz CT molecular complexity index is 3010. The molecule has 11 rings (SSSR count). The molecule has 304 valence electrons. The number of rotatable bonds is 8. The molecule has 0 saturated heterocycles. The molecule has 62 heavy (non-hydrogen) atoms. The summed E-state index contributed by atoms with van der Waals surface area (Å²) in [5, 5.41) is 29.0. The number of phenolic OH excluding ortho intramolecular Hbond substituents is 2. The van der Waals surface area contributed by atoms with Gasteiger partial charge in [0.25, 0.3) is 0 Å². The number of aromatic hydroxyl groups is 2. The van der Waals surface area contributed by atoms with Gasteiger partial charge in [-0.15, -0.1) is 0 Å². The van der Waals surface area contributed by atoms with Gasteiger partial charge in [-0.2, -0.15) is 0 Å². The van der Waals surface area contributed by atoms with Crippen LogP contribution in [-0.2, 0) is 0 Å². The predicted molar refractivity (Wildman–Crippen MR) is 253 cm³/mol. The van der Waals surface area contributed by atoms with E-state index in [4.69, 9.17) is 9.47 Å². The van der Waals surface area contributed by atoms with E-state index in [0.717, 1.165) is 119 Å². The topological polar surface area (TPSA) is 68.8 Å². The Morgan fingerprint density at radius 1 is 0.419 bits per heavy atom. The summed E-state index contributed by atoms with van der Waals surface area (Å²) in [6.45, 7) is 4.15. The Hall–Kier alpha value is -7.44. The van der Waals surface area contributed by atoms with E-state index in [1.54, 1.807) is 0 Å². The molecular formula is C56H46N2O4. The second kappa shape index (κ2) is 15.2. The highest BCUT2D eigenvalue weighted by atomic mass is 16.5. The first-order valence-electron chi connectivity index (χ1n) is 21.6. The van der Waals surface area contributed by atoms with Gasteiger partial charge in [0, 0.05) is 50.2 Å². The number of para-hydroxylation sites is 6. The zero-order valence-corrected chi connectivity index (χ0v) is 34.8. The second-order valence-corrected chi connectivity index (χ2v) is 16.7. The third-order valence-corrected chi connectivity index (χ3v) is 12.6. The highest BCUT2D eigenvalue weighted by molar-refractivity contribution is 6.10. The molecule has 8 aromatic carbocycles. The summed E-state index contributed by atoms with van der Waals surface area (Å²) in [6, 6.07) is 57.7. The predicted octanol–water partition coefficient (Wildman–Crippen LogP) is 14.0. The van der Waals surface area contributed by atoms with E-state index in [0.29, 0.717) is 6.42 Å². The molecule has 0 bridgehead atoms. The first kappa shape index (κ1) is 37.6. The molecular weight excluding hydrogens is 765 g/mol. The van der Waals surface area contributed by atoms with Crippen LogP contribution < -0.4 is 9.47 Å². The van der Waals surface area contributed by atoms with Crippen molar-refractivity contribution in [3.63, 3.8) is 0 Å². The van der Waals surface area contributed by atoms with Gasteiger partial charge in [0.1, 0.15) is 35.2 Å². The largest absolute Gasteiger partial charge is 0.505 e. The minimum Gasteiger partial charge on any atom is -0.505 e. The van der Waals surface area contributed by atoms with Gasteiger partial charge in [-0.05, 0) is 105 Å². The minimum absolute atomic E-state index is 0.0971. The SMILES string of the molecule is Cc1cc(-c2ccccc2OC2CCCC(Oc3ccccc3-c3cc(C)cc(-n4c5ccccc5c5ccccc54)c3O)C2)c(O)c(-n2c3ccccc3c3ccccc32)c1. The zero-order chi connectivity index (χ0) is 41.9. The van der Waals surface area contributed by atoms with Crippen molar-refractivity contribution >= 4 is 43.6 Å². The van der Waals surface area contributed by atoms with Gasteiger partial charge < -0.3 is 28.8 Å². The molecule has 0 spiro atoms. The van der Waals surface area contributed by atoms with Crippen molar-refractivity contribution < 1.29 is 19.7 Å². The molecule has 6 nitrogen and oxygen atoms in total. The van der Waals surface area contributed by atoms with Gasteiger partial charge >= 0.3 is 0 Å². The normalized spacial score (nSPS) is 15.5. The fourth-order valence-electron chi connectivity index (χ4n) is 9.89. The van der Waals surface area contributed by atoms with E-state index in [1.165, 1.54) is 0 Å².